The van der Waals surface area contributed by atoms with Crippen molar-refractivity contribution in [3.05, 3.63) is 57.3 Å². The van der Waals surface area contributed by atoms with Crippen LogP contribution in [0.25, 0.3) is 11.0 Å². The number of aromatic nitrogens is 3. The molecule has 26 heavy (non-hydrogen) atoms. The van der Waals surface area contributed by atoms with Crippen molar-refractivity contribution >= 4 is 11.0 Å². The van der Waals surface area contributed by atoms with E-state index in [0.29, 0.717) is 5.52 Å². The highest BCUT2D eigenvalue weighted by Gasteiger charge is 2.21. The average molecular weight is 353 g/mol. The Morgan fingerprint density at radius 3 is 2.19 bits per heavy atom. The molecule has 0 saturated heterocycles. The van der Waals surface area contributed by atoms with Crippen molar-refractivity contribution in [1.29, 1.82) is 0 Å². The number of hydrogen-bond donors (Lipinski definition) is 0. The van der Waals surface area contributed by atoms with E-state index in [9.17, 15) is 4.79 Å². The van der Waals surface area contributed by atoms with Gasteiger partial charge in [-0.2, -0.15) is 0 Å². The first kappa shape index (κ1) is 18.2. The molecule has 0 bridgehead atoms. The molecule has 2 aromatic heterocycles. The molecule has 0 fully saturated rings. The fourth-order valence-electron chi connectivity index (χ4n) is 3.69. The summed E-state index contributed by atoms with van der Waals surface area (Å²) < 4.78 is 3.24. The minimum atomic E-state index is -0.152. The Labute approximate surface area is 154 Å². The summed E-state index contributed by atoms with van der Waals surface area (Å²) in [4.78, 5) is 23.7. The first-order chi connectivity index (χ1) is 12.4. The lowest BCUT2D eigenvalue weighted by Gasteiger charge is -2.14. The van der Waals surface area contributed by atoms with Gasteiger partial charge in [-0.05, 0) is 57.7 Å². The van der Waals surface area contributed by atoms with Crippen LogP contribution in [-0.4, -0.2) is 14.3 Å². The highest BCUT2D eigenvalue weighted by atomic mass is 16.7. The maximum absolute atomic E-state index is 13.2. The summed E-state index contributed by atoms with van der Waals surface area (Å²) in [6, 6.07) is 6.23. The third kappa shape index (κ3) is 3.02. The number of fused-ring (bicyclic) bond motifs is 1. The molecule has 138 valence electrons. The number of pyridine rings is 1. The van der Waals surface area contributed by atoms with Crippen molar-refractivity contribution in [2.75, 3.05) is 0 Å². The normalized spacial score (nSPS) is 11.5. The van der Waals surface area contributed by atoms with Gasteiger partial charge >= 0.3 is 5.69 Å². The second-order valence-electron chi connectivity index (χ2n) is 7.05. The van der Waals surface area contributed by atoms with Crippen LogP contribution in [-0.2, 0) is 0 Å². The Morgan fingerprint density at radius 1 is 1.00 bits per heavy atom. The molecule has 0 aliphatic heterocycles. The highest BCUT2D eigenvalue weighted by Crippen LogP contribution is 2.27. The van der Waals surface area contributed by atoms with Crippen LogP contribution in [0.2, 0.25) is 0 Å². The Hall–Kier alpha value is -2.56. The molecule has 0 aliphatic rings. The van der Waals surface area contributed by atoms with Crippen LogP contribution in [0.3, 0.4) is 0 Å². The van der Waals surface area contributed by atoms with E-state index in [1.165, 1.54) is 10.3 Å². The molecule has 5 heteroatoms. The molecule has 0 saturated carbocycles. The van der Waals surface area contributed by atoms with Crippen LogP contribution in [0.4, 0.5) is 0 Å². The molecule has 0 unspecified atom stereocenters. The summed E-state index contributed by atoms with van der Waals surface area (Å²) in [6.07, 6.45) is 3.50. The molecule has 3 aromatic rings. The summed E-state index contributed by atoms with van der Waals surface area (Å²) in [5.41, 5.74) is 5.51. The summed E-state index contributed by atoms with van der Waals surface area (Å²) in [5, 5.41) is 0. The fourth-order valence-corrected chi connectivity index (χ4v) is 3.69. The van der Waals surface area contributed by atoms with Gasteiger partial charge in [-0.3, -0.25) is 9.55 Å². The standard InChI is InChI=1S/C21H27N3O2/c1-7-17(8-2)23-18-11-16(6)22-12-19(18)24(21(23)25)26-20-14(4)9-13(3)10-15(20)5/h9-12,17H,7-8H2,1-6H3. The number of benzene rings is 1. The second-order valence-corrected chi connectivity index (χ2v) is 7.05. The second kappa shape index (κ2) is 6.98. The van der Waals surface area contributed by atoms with Crippen LogP contribution in [0, 0.1) is 27.7 Å². The van der Waals surface area contributed by atoms with Crippen molar-refractivity contribution in [3.8, 4) is 5.75 Å². The Balaban J connectivity index is 2.25. The fraction of sp³-hybridized carbons (Fsp3) is 0.429. The third-order valence-electron chi connectivity index (χ3n) is 4.95. The van der Waals surface area contributed by atoms with Gasteiger partial charge in [-0.25, -0.2) is 4.79 Å². The minimum absolute atomic E-state index is 0.136. The molecule has 0 N–H and O–H groups in total. The smallest absolute Gasteiger partial charge is 0.362 e. The van der Waals surface area contributed by atoms with Crippen LogP contribution in [0.15, 0.2) is 29.2 Å². The van der Waals surface area contributed by atoms with E-state index in [-0.39, 0.29) is 11.7 Å². The molecular formula is C21H27N3O2. The predicted molar refractivity (Wildman–Crippen MR) is 105 cm³/mol. The summed E-state index contributed by atoms with van der Waals surface area (Å²) in [5.74, 6) is 0.724. The van der Waals surface area contributed by atoms with Crippen molar-refractivity contribution in [3.63, 3.8) is 0 Å². The maximum Gasteiger partial charge on any atom is 0.362 e. The SMILES string of the molecule is CCC(CC)n1c(=O)n(Oc2c(C)cc(C)cc2C)c2cnc(C)cc21. The average Bonchev–Trinajstić information content (AvgIpc) is 2.84. The van der Waals surface area contributed by atoms with Gasteiger partial charge < -0.3 is 4.84 Å². The van der Waals surface area contributed by atoms with E-state index < -0.39 is 0 Å². The van der Waals surface area contributed by atoms with Crippen LogP contribution < -0.4 is 10.5 Å². The zero-order valence-corrected chi connectivity index (χ0v) is 16.5. The van der Waals surface area contributed by atoms with Gasteiger partial charge in [0.1, 0.15) is 5.52 Å². The molecule has 5 nitrogen and oxygen atoms in total. The quantitative estimate of drug-likeness (QED) is 0.672. The lowest BCUT2D eigenvalue weighted by atomic mass is 10.1. The molecule has 0 spiro atoms. The van der Waals surface area contributed by atoms with E-state index in [0.717, 1.165) is 40.9 Å². The monoisotopic (exact) mass is 353 g/mol. The molecule has 0 aliphatic carbocycles. The first-order valence-corrected chi connectivity index (χ1v) is 9.23. The van der Waals surface area contributed by atoms with Crippen LogP contribution in [0.5, 0.6) is 5.75 Å². The summed E-state index contributed by atoms with van der Waals surface area (Å²) in [7, 11) is 0. The maximum atomic E-state index is 13.2. The molecular weight excluding hydrogens is 326 g/mol. The summed E-state index contributed by atoms with van der Waals surface area (Å²) in [6.45, 7) is 12.2. The van der Waals surface area contributed by atoms with Gasteiger partial charge in [0.05, 0.1) is 11.7 Å². The molecule has 3 rings (SSSR count). The van der Waals surface area contributed by atoms with E-state index in [1.54, 1.807) is 6.20 Å². The lowest BCUT2D eigenvalue weighted by molar-refractivity contribution is 0.207. The highest BCUT2D eigenvalue weighted by molar-refractivity contribution is 5.75. The van der Waals surface area contributed by atoms with Gasteiger partial charge in [-0.1, -0.05) is 31.5 Å². The van der Waals surface area contributed by atoms with E-state index in [4.69, 9.17) is 4.84 Å². The Kier molecular flexibility index (Phi) is 4.90. The van der Waals surface area contributed by atoms with E-state index >= 15 is 0 Å². The Morgan fingerprint density at radius 2 is 1.62 bits per heavy atom. The van der Waals surface area contributed by atoms with E-state index in [2.05, 4.69) is 37.9 Å². The third-order valence-corrected chi connectivity index (χ3v) is 4.95. The van der Waals surface area contributed by atoms with Crippen molar-refractivity contribution < 1.29 is 4.84 Å². The predicted octanol–water partition coefficient (Wildman–Crippen LogP) is 4.63. The molecule has 0 atom stereocenters. The van der Waals surface area contributed by atoms with Gasteiger partial charge in [0.25, 0.3) is 0 Å². The zero-order valence-electron chi connectivity index (χ0n) is 16.5. The number of nitrogens with zero attached hydrogens (tertiary/aromatic N) is 3. The number of imidazole rings is 1. The van der Waals surface area contributed by atoms with Crippen molar-refractivity contribution in [2.45, 2.75) is 60.4 Å². The van der Waals surface area contributed by atoms with Gasteiger partial charge in [0.15, 0.2) is 5.75 Å². The zero-order chi connectivity index (χ0) is 19.0. The van der Waals surface area contributed by atoms with E-state index in [1.807, 2.05) is 31.4 Å². The molecule has 0 radical (unpaired) electrons. The van der Waals surface area contributed by atoms with Crippen molar-refractivity contribution in [1.82, 2.24) is 14.3 Å². The summed E-state index contributed by atoms with van der Waals surface area (Å²) >= 11 is 0. The lowest BCUT2D eigenvalue weighted by Crippen LogP contribution is -2.29. The van der Waals surface area contributed by atoms with Crippen molar-refractivity contribution in [2.24, 2.45) is 0 Å². The number of rotatable bonds is 5. The minimum Gasteiger partial charge on any atom is -0.370 e. The van der Waals surface area contributed by atoms with Crippen LogP contribution in [0.1, 0.15) is 55.1 Å². The van der Waals surface area contributed by atoms with Crippen LogP contribution >= 0.6 is 0 Å². The molecule has 0 amide bonds. The number of hydrogen-bond acceptors (Lipinski definition) is 3. The largest absolute Gasteiger partial charge is 0.370 e. The molecule has 1 aromatic carbocycles. The van der Waals surface area contributed by atoms with Gasteiger partial charge in [0.2, 0.25) is 0 Å². The first-order valence-electron chi connectivity index (χ1n) is 9.23. The van der Waals surface area contributed by atoms with Gasteiger partial charge in [-0.15, -0.1) is 4.73 Å². The molecule has 2 heterocycles. The topological polar surface area (TPSA) is 49.0 Å². The number of aryl methyl sites for hydroxylation is 4. The van der Waals surface area contributed by atoms with Gasteiger partial charge in [0, 0.05) is 11.7 Å². The Bertz CT molecular complexity index is 987.